The summed E-state index contributed by atoms with van der Waals surface area (Å²) in [5.74, 6) is -0.0322. The molecule has 0 fully saturated rings. The zero-order valence-electron chi connectivity index (χ0n) is 24.7. The summed E-state index contributed by atoms with van der Waals surface area (Å²) in [4.78, 5) is 24.9. The maximum Gasteiger partial charge on any atom is 0.246 e. The van der Waals surface area contributed by atoms with E-state index in [1.807, 2.05) is 20.8 Å². The highest BCUT2D eigenvalue weighted by Crippen LogP contribution is 2.36. The third-order valence-corrected chi connectivity index (χ3v) is 5.53. The Morgan fingerprint density at radius 3 is 1.56 bits per heavy atom. The molecule has 0 atom stereocenters. The second kappa shape index (κ2) is 12.7. The van der Waals surface area contributed by atoms with Crippen LogP contribution in [0.1, 0.15) is 109 Å². The predicted octanol–water partition coefficient (Wildman–Crippen LogP) is 5.73. The van der Waals surface area contributed by atoms with E-state index in [2.05, 4.69) is 79.9 Å². The van der Waals surface area contributed by atoms with Crippen LogP contribution in [0.4, 0.5) is 0 Å². The number of nitrogens with one attached hydrogen (secondary N) is 2. The van der Waals surface area contributed by atoms with Crippen molar-refractivity contribution in [2.24, 2.45) is 21.7 Å². The second-order valence-electron chi connectivity index (χ2n) is 14.5. The Balaban J connectivity index is 4.64. The van der Waals surface area contributed by atoms with Crippen LogP contribution in [0.3, 0.4) is 0 Å². The summed E-state index contributed by atoms with van der Waals surface area (Å²) >= 11 is 0. The third-order valence-electron chi connectivity index (χ3n) is 5.53. The van der Waals surface area contributed by atoms with Crippen molar-refractivity contribution in [1.29, 1.82) is 0 Å². The molecule has 0 aromatic rings. The number of ether oxygens (including phenoxy) is 2. The lowest BCUT2D eigenvalue weighted by Gasteiger charge is -2.37. The van der Waals surface area contributed by atoms with Crippen molar-refractivity contribution in [1.82, 2.24) is 10.6 Å². The van der Waals surface area contributed by atoms with Gasteiger partial charge in [-0.15, -0.1) is 0 Å². The molecule has 0 aliphatic rings. The van der Waals surface area contributed by atoms with E-state index < -0.39 is 0 Å². The van der Waals surface area contributed by atoms with Crippen molar-refractivity contribution < 1.29 is 19.1 Å². The molecule has 0 aromatic heterocycles. The van der Waals surface area contributed by atoms with Crippen LogP contribution in [0.15, 0.2) is 0 Å². The van der Waals surface area contributed by atoms with Gasteiger partial charge in [-0.1, -0.05) is 55.4 Å². The highest BCUT2D eigenvalue weighted by Gasteiger charge is 2.33. The van der Waals surface area contributed by atoms with Gasteiger partial charge in [-0.2, -0.15) is 0 Å². The van der Waals surface area contributed by atoms with E-state index in [0.29, 0.717) is 26.1 Å². The van der Waals surface area contributed by atoms with Crippen LogP contribution in [0.2, 0.25) is 0 Å². The van der Waals surface area contributed by atoms with Crippen molar-refractivity contribution in [3.8, 4) is 0 Å². The molecule has 0 heterocycles. The maximum absolute atomic E-state index is 12.8. The normalized spacial score (nSPS) is 13.8. The molecule has 6 heteroatoms. The Bertz CT molecular complexity index is 643. The molecule has 34 heavy (non-hydrogen) atoms. The van der Waals surface area contributed by atoms with Gasteiger partial charge in [-0.05, 0) is 69.1 Å². The van der Waals surface area contributed by atoms with Crippen molar-refractivity contribution in [3.05, 3.63) is 0 Å². The van der Waals surface area contributed by atoms with Gasteiger partial charge >= 0.3 is 0 Å². The lowest BCUT2D eigenvalue weighted by atomic mass is 9.73. The minimum absolute atomic E-state index is 0.0255. The molecule has 0 aromatic carbocycles. The molecule has 0 unspecified atom stereocenters. The first kappa shape index (κ1) is 32.9. The van der Waals surface area contributed by atoms with Gasteiger partial charge in [0.15, 0.2) is 0 Å². The number of carbonyl (C=O) groups excluding carboxylic acids is 2. The Morgan fingerprint density at radius 1 is 0.676 bits per heavy atom. The SMILES string of the molecule is CC(C)OCC(C)(C)CC(C)(C)CNC(=O)CC(C)(C)CC(C)(C)CNC(=O)COC(C)(C)C. The van der Waals surface area contributed by atoms with E-state index in [0.717, 1.165) is 12.8 Å². The van der Waals surface area contributed by atoms with E-state index in [9.17, 15) is 9.59 Å². The van der Waals surface area contributed by atoms with Crippen LogP contribution < -0.4 is 10.6 Å². The Labute approximate surface area is 210 Å². The molecule has 0 aliphatic carbocycles. The molecular weight excluding hydrogens is 428 g/mol. The highest BCUT2D eigenvalue weighted by molar-refractivity contribution is 5.77. The molecule has 0 bridgehead atoms. The third kappa shape index (κ3) is 17.3. The van der Waals surface area contributed by atoms with Gasteiger partial charge in [-0.25, -0.2) is 0 Å². The summed E-state index contributed by atoms with van der Waals surface area (Å²) in [6, 6.07) is 0. The topological polar surface area (TPSA) is 76.7 Å². The lowest BCUT2D eigenvalue weighted by Crippen LogP contribution is -2.41. The average molecular weight is 485 g/mol. The molecule has 0 rings (SSSR count). The van der Waals surface area contributed by atoms with E-state index in [1.54, 1.807) is 0 Å². The first-order chi connectivity index (χ1) is 15.0. The van der Waals surface area contributed by atoms with Gasteiger partial charge in [0.1, 0.15) is 6.61 Å². The smallest absolute Gasteiger partial charge is 0.246 e. The Kier molecular flexibility index (Phi) is 12.3. The van der Waals surface area contributed by atoms with Gasteiger partial charge in [0, 0.05) is 19.5 Å². The second-order valence-corrected chi connectivity index (χ2v) is 14.5. The van der Waals surface area contributed by atoms with Crippen LogP contribution in [-0.4, -0.2) is 49.8 Å². The summed E-state index contributed by atoms with van der Waals surface area (Å²) in [6.45, 7) is 29.2. The van der Waals surface area contributed by atoms with Crippen LogP contribution in [0.25, 0.3) is 0 Å². The standard InChI is InChI=1S/C28H56N2O4/c1-21(2)33-20-28(12,13)17-27(10,11)18-29-22(31)14-25(6,7)16-26(8,9)19-30-23(32)15-34-24(3,4)5/h21H,14-20H2,1-13H3,(H,29,31)(H,30,32). The number of hydrogen-bond acceptors (Lipinski definition) is 4. The number of amides is 2. The van der Waals surface area contributed by atoms with Gasteiger partial charge in [0.2, 0.25) is 11.8 Å². The van der Waals surface area contributed by atoms with Gasteiger partial charge in [-0.3, -0.25) is 9.59 Å². The minimum atomic E-state index is -0.339. The molecular formula is C28H56N2O4. The number of rotatable bonds is 15. The summed E-state index contributed by atoms with van der Waals surface area (Å²) in [5.41, 5.74) is -0.642. The maximum atomic E-state index is 12.8. The fourth-order valence-corrected chi connectivity index (χ4v) is 4.73. The lowest BCUT2D eigenvalue weighted by molar-refractivity contribution is -0.131. The summed E-state index contributed by atoms with van der Waals surface area (Å²) in [5, 5.41) is 6.15. The fraction of sp³-hybridized carbons (Fsp3) is 0.929. The molecule has 6 nitrogen and oxygen atoms in total. The van der Waals surface area contributed by atoms with Crippen LogP contribution in [-0.2, 0) is 19.1 Å². The highest BCUT2D eigenvalue weighted by atomic mass is 16.5. The van der Waals surface area contributed by atoms with E-state index in [4.69, 9.17) is 9.47 Å². The molecule has 2 N–H and O–H groups in total. The van der Waals surface area contributed by atoms with E-state index in [-0.39, 0.29) is 51.8 Å². The zero-order valence-corrected chi connectivity index (χ0v) is 24.7. The number of carbonyl (C=O) groups is 2. The fourth-order valence-electron chi connectivity index (χ4n) is 4.73. The quantitative estimate of drug-likeness (QED) is 0.311. The van der Waals surface area contributed by atoms with Crippen molar-refractivity contribution in [2.45, 2.75) is 121 Å². The molecule has 0 saturated heterocycles. The van der Waals surface area contributed by atoms with Gasteiger partial charge in [0.25, 0.3) is 0 Å². The first-order valence-electron chi connectivity index (χ1n) is 12.8. The van der Waals surface area contributed by atoms with Crippen molar-refractivity contribution in [3.63, 3.8) is 0 Å². The van der Waals surface area contributed by atoms with Crippen molar-refractivity contribution in [2.75, 3.05) is 26.3 Å². The first-order valence-corrected chi connectivity index (χ1v) is 12.8. The Hall–Kier alpha value is -1.14. The zero-order chi connectivity index (χ0) is 27.0. The predicted molar refractivity (Wildman–Crippen MR) is 142 cm³/mol. The Morgan fingerprint density at radius 2 is 1.12 bits per heavy atom. The summed E-state index contributed by atoms with van der Waals surface area (Å²) in [7, 11) is 0. The van der Waals surface area contributed by atoms with Crippen molar-refractivity contribution >= 4 is 11.8 Å². The number of hydrogen-bond donors (Lipinski definition) is 2. The van der Waals surface area contributed by atoms with Crippen LogP contribution in [0.5, 0.6) is 0 Å². The van der Waals surface area contributed by atoms with Crippen LogP contribution in [0, 0.1) is 21.7 Å². The van der Waals surface area contributed by atoms with E-state index >= 15 is 0 Å². The molecule has 202 valence electrons. The molecule has 2 amide bonds. The summed E-state index contributed by atoms with van der Waals surface area (Å²) in [6.07, 6.45) is 2.45. The molecule has 0 aliphatic heterocycles. The largest absolute Gasteiger partial charge is 0.378 e. The summed E-state index contributed by atoms with van der Waals surface area (Å²) < 4.78 is 11.4. The molecule has 0 radical (unpaired) electrons. The minimum Gasteiger partial charge on any atom is -0.378 e. The van der Waals surface area contributed by atoms with Crippen LogP contribution >= 0.6 is 0 Å². The monoisotopic (exact) mass is 484 g/mol. The van der Waals surface area contributed by atoms with Gasteiger partial charge < -0.3 is 20.1 Å². The van der Waals surface area contributed by atoms with E-state index in [1.165, 1.54) is 0 Å². The molecule has 0 saturated carbocycles. The average Bonchev–Trinajstić information content (AvgIpc) is 2.59. The van der Waals surface area contributed by atoms with Gasteiger partial charge in [0.05, 0.1) is 18.3 Å². The molecule has 0 spiro atoms.